The number of benzene rings is 1. The molecular formula is C17H16Cl2N2O3. The van der Waals surface area contributed by atoms with Gasteiger partial charge >= 0.3 is 0 Å². The van der Waals surface area contributed by atoms with Crippen molar-refractivity contribution < 1.29 is 14.0 Å². The molecule has 0 aliphatic carbocycles. The van der Waals surface area contributed by atoms with Crippen LogP contribution in [-0.4, -0.2) is 29.8 Å². The van der Waals surface area contributed by atoms with E-state index in [1.165, 1.54) is 6.26 Å². The van der Waals surface area contributed by atoms with E-state index in [2.05, 4.69) is 5.32 Å². The standard InChI is InChI=1S/C17H16Cl2N2O3/c18-12-5-1-6-13(15(12)19)20-16(22)11-4-2-8-21(10-11)17(23)14-7-3-9-24-14/h1,3,5-7,9,11H,2,4,8,10H2,(H,20,22)/t11-/m1/s1. The molecule has 1 aromatic carbocycles. The van der Waals surface area contributed by atoms with Crippen LogP contribution >= 0.6 is 23.2 Å². The van der Waals surface area contributed by atoms with E-state index in [-0.39, 0.29) is 23.5 Å². The summed E-state index contributed by atoms with van der Waals surface area (Å²) < 4.78 is 5.14. The number of likely N-dealkylation sites (tertiary alicyclic amines) is 1. The molecular weight excluding hydrogens is 351 g/mol. The smallest absolute Gasteiger partial charge is 0.289 e. The van der Waals surface area contributed by atoms with Gasteiger partial charge in [0.2, 0.25) is 5.91 Å². The number of hydrogen-bond donors (Lipinski definition) is 1. The first-order valence-corrected chi connectivity index (χ1v) is 8.39. The summed E-state index contributed by atoms with van der Waals surface area (Å²) in [5, 5.41) is 3.49. The predicted octanol–water partition coefficient (Wildman–Crippen LogP) is 4.08. The molecule has 126 valence electrons. The van der Waals surface area contributed by atoms with Crippen molar-refractivity contribution in [1.29, 1.82) is 0 Å². The van der Waals surface area contributed by atoms with Crippen molar-refractivity contribution in [2.75, 3.05) is 18.4 Å². The molecule has 1 aromatic heterocycles. The van der Waals surface area contributed by atoms with Gasteiger partial charge in [-0.2, -0.15) is 0 Å². The minimum absolute atomic E-state index is 0.170. The van der Waals surface area contributed by atoms with E-state index in [9.17, 15) is 9.59 Å². The second-order valence-corrected chi connectivity index (χ2v) is 6.44. The molecule has 1 atom stereocenters. The summed E-state index contributed by atoms with van der Waals surface area (Å²) in [7, 11) is 0. The number of rotatable bonds is 3. The van der Waals surface area contributed by atoms with Crippen molar-refractivity contribution in [1.82, 2.24) is 4.90 Å². The monoisotopic (exact) mass is 366 g/mol. The number of carbonyl (C=O) groups excluding carboxylic acids is 2. The van der Waals surface area contributed by atoms with Crippen molar-refractivity contribution in [2.24, 2.45) is 5.92 Å². The number of anilines is 1. The van der Waals surface area contributed by atoms with Crippen LogP contribution < -0.4 is 5.32 Å². The molecule has 2 aromatic rings. The number of nitrogens with zero attached hydrogens (tertiary/aromatic N) is 1. The Labute approximate surface area is 149 Å². The Bertz CT molecular complexity index is 746. The van der Waals surface area contributed by atoms with E-state index in [0.717, 1.165) is 6.42 Å². The van der Waals surface area contributed by atoms with Crippen molar-refractivity contribution in [3.8, 4) is 0 Å². The van der Waals surface area contributed by atoms with Crippen LogP contribution in [0.1, 0.15) is 23.4 Å². The Morgan fingerprint density at radius 2 is 2.04 bits per heavy atom. The first kappa shape index (κ1) is 16.9. The summed E-state index contributed by atoms with van der Waals surface area (Å²) >= 11 is 12.1. The highest BCUT2D eigenvalue weighted by Crippen LogP contribution is 2.30. The Hall–Kier alpha value is -1.98. The number of piperidine rings is 1. The quantitative estimate of drug-likeness (QED) is 0.889. The largest absolute Gasteiger partial charge is 0.459 e. The number of nitrogens with one attached hydrogen (secondary N) is 1. The van der Waals surface area contributed by atoms with E-state index in [1.54, 1.807) is 35.2 Å². The fourth-order valence-electron chi connectivity index (χ4n) is 2.77. The first-order chi connectivity index (χ1) is 11.6. The van der Waals surface area contributed by atoms with E-state index in [1.807, 2.05) is 0 Å². The van der Waals surface area contributed by atoms with Crippen LogP contribution in [0.25, 0.3) is 0 Å². The van der Waals surface area contributed by atoms with Crippen molar-refractivity contribution in [3.05, 3.63) is 52.4 Å². The molecule has 1 aliphatic rings. The summed E-state index contributed by atoms with van der Waals surface area (Å²) in [6.07, 6.45) is 2.93. The maximum atomic E-state index is 12.5. The molecule has 2 heterocycles. The van der Waals surface area contributed by atoms with E-state index in [0.29, 0.717) is 35.2 Å². The minimum Gasteiger partial charge on any atom is -0.459 e. The van der Waals surface area contributed by atoms with Gasteiger partial charge in [-0.15, -0.1) is 0 Å². The second-order valence-electron chi connectivity index (χ2n) is 5.66. The molecule has 3 rings (SSSR count). The van der Waals surface area contributed by atoms with Crippen molar-refractivity contribution in [2.45, 2.75) is 12.8 Å². The van der Waals surface area contributed by atoms with Gasteiger partial charge in [-0.05, 0) is 37.1 Å². The third-order valence-electron chi connectivity index (χ3n) is 4.02. The fourth-order valence-corrected chi connectivity index (χ4v) is 3.11. The topological polar surface area (TPSA) is 62.6 Å². The fraction of sp³-hybridized carbons (Fsp3) is 0.294. The summed E-state index contributed by atoms with van der Waals surface area (Å²) in [5.74, 6) is -0.379. The van der Waals surface area contributed by atoms with Gasteiger partial charge in [-0.1, -0.05) is 29.3 Å². The van der Waals surface area contributed by atoms with Crippen LogP contribution in [0.4, 0.5) is 5.69 Å². The molecule has 0 spiro atoms. The first-order valence-electron chi connectivity index (χ1n) is 7.64. The Balaban J connectivity index is 1.67. The molecule has 2 amide bonds. The van der Waals surface area contributed by atoms with E-state index >= 15 is 0 Å². The number of hydrogen-bond acceptors (Lipinski definition) is 3. The highest BCUT2D eigenvalue weighted by Gasteiger charge is 2.30. The molecule has 0 radical (unpaired) electrons. The molecule has 0 unspecified atom stereocenters. The third-order valence-corrected chi connectivity index (χ3v) is 4.84. The lowest BCUT2D eigenvalue weighted by atomic mass is 9.96. The lowest BCUT2D eigenvalue weighted by molar-refractivity contribution is -0.121. The zero-order valence-electron chi connectivity index (χ0n) is 12.8. The zero-order chi connectivity index (χ0) is 17.1. The normalized spacial score (nSPS) is 17.6. The highest BCUT2D eigenvalue weighted by atomic mass is 35.5. The Morgan fingerprint density at radius 3 is 2.79 bits per heavy atom. The van der Waals surface area contributed by atoms with Gasteiger partial charge in [0.1, 0.15) is 0 Å². The molecule has 1 saturated heterocycles. The summed E-state index contributed by atoms with van der Waals surface area (Å²) in [6, 6.07) is 8.36. The van der Waals surface area contributed by atoms with Gasteiger partial charge in [0.25, 0.3) is 5.91 Å². The van der Waals surface area contributed by atoms with Gasteiger partial charge in [0, 0.05) is 13.1 Å². The second kappa shape index (κ2) is 7.28. The molecule has 24 heavy (non-hydrogen) atoms. The summed E-state index contributed by atoms with van der Waals surface area (Å²) in [5.41, 5.74) is 0.476. The van der Waals surface area contributed by atoms with Crippen molar-refractivity contribution >= 4 is 40.7 Å². The van der Waals surface area contributed by atoms with Crippen LogP contribution in [-0.2, 0) is 4.79 Å². The van der Waals surface area contributed by atoms with Gasteiger partial charge in [-0.25, -0.2) is 0 Å². The molecule has 0 saturated carbocycles. The maximum absolute atomic E-state index is 12.5. The SMILES string of the molecule is O=C(Nc1cccc(Cl)c1Cl)[C@@H]1CCCN(C(=O)c2ccco2)C1. The van der Waals surface area contributed by atoms with Gasteiger partial charge in [0.05, 0.1) is 27.9 Å². The average Bonchev–Trinajstić information content (AvgIpc) is 3.13. The number of amides is 2. The molecule has 0 bridgehead atoms. The van der Waals surface area contributed by atoms with Crippen LogP contribution in [0.2, 0.25) is 10.0 Å². The third kappa shape index (κ3) is 3.57. The van der Waals surface area contributed by atoms with Gasteiger partial charge in [0.15, 0.2) is 5.76 Å². The average molecular weight is 367 g/mol. The van der Waals surface area contributed by atoms with Gasteiger partial charge < -0.3 is 14.6 Å². The van der Waals surface area contributed by atoms with Crippen LogP contribution in [0.5, 0.6) is 0 Å². The van der Waals surface area contributed by atoms with E-state index in [4.69, 9.17) is 27.6 Å². The van der Waals surface area contributed by atoms with E-state index < -0.39 is 0 Å². The Kier molecular flexibility index (Phi) is 5.11. The van der Waals surface area contributed by atoms with Crippen LogP contribution in [0.3, 0.4) is 0 Å². The van der Waals surface area contributed by atoms with Crippen LogP contribution in [0.15, 0.2) is 41.0 Å². The maximum Gasteiger partial charge on any atom is 0.289 e. The number of halogens is 2. The molecule has 1 fully saturated rings. The van der Waals surface area contributed by atoms with Crippen molar-refractivity contribution in [3.63, 3.8) is 0 Å². The Morgan fingerprint density at radius 1 is 1.21 bits per heavy atom. The zero-order valence-corrected chi connectivity index (χ0v) is 14.3. The number of carbonyl (C=O) groups is 2. The summed E-state index contributed by atoms with van der Waals surface area (Å²) in [4.78, 5) is 26.5. The van der Waals surface area contributed by atoms with Crippen LogP contribution in [0, 0.1) is 5.92 Å². The number of furan rings is 1. The molecule has 1 N–H and O–H groups in total. The summed E-state index contributed by atoms with van der Waals surface area (Å²) in [6.45, 7) is 0.963. The minimum atomic E-state index is -0.298. The predicted molar refractivity (Wildman–Crippen MR) is 92.4 cm³/mol. The van der Waals surface area contributed by atoms with Gasteiger partial charge in [-0.3, -0.25) is 9.59 Å². The highest BCUT2D eigenvalue weighted by molar-refractivity contribution is 6.44. The lowest BCUT2D eigenvalue weighted by Crippen LogP contribution is -2.43. The molecule has 1 aliphatic heterocycles. The lowest BCUT2D eigenvalue weighted by Gasteiger charge is -2.31. The molecule has 7 heteroatoms. The molecule has 5 nitrogen and oxygen atoms in total.